The van der Waals surface area contributed by atoms with E-state index in [2.05, 4.69) is 16.8 Å². The van der Waals surface area contributed by atoms with Gasteiger partial charge >= 0.3 is 0 Å². The van der Waals surface area contributed by atoms with Crippen molar-refractivity contribution < 1.29 is 14.3 Å². The number of hydrogen-bond acceptors (Lipinski definition) is 5. The average molecular weight is 289 g/mol. The molecule has 0 saturated carbocycles. The van der Waals surface area contributed by atoms with Crippen LogP contribution in [-0.2, 0) is 14.3 Å². The van der Waals surface area contributed by atoms with Crippen LogP contribution in [0.2, 0.25) is 0 Å². The molecule has 1 amide bonds. The zero-order chi connectivity index (χ0) is 15.4. The van der Waals surface area contributed by atoms with Gasteiger partial charge in [0.15, 0.2) is 0 Å². The highest BCUT2D eigenvalue weighted by Crippen LogP contribution is 1.88. The molecule has 6 heteroatoms. The molecular formula is C14H31N3O3. The Kier molecular flexibility index (Phi) is 11.7. The molecule has 20 heavy (non-hydrogen) atoms. The molecule has 0 aliphatic rings. The lowest BCUT2D eigenvalue weighted by molar-refractivity contribution is -0.128. The molecular weight excluding hydrogens is 258 g/mol. The van der Waals surface area contributed by atoms with Crippen LogP contribution in [0.5, 0.6) is 0 Å². The SMILES string of the molecule is CC(=O)N(C)CCOCCN(C)CCOCCN(C)C. The summed E-state index contributed by atoms with van der Waals surface area (Å²) in [6.07, 6.45) is 0. The van der Waals surface area contributed by atoms with Crippen LogP contribution in [0.4, 0.5) is 0 Å². The zero-order valence-electron chi connectivity index (χ0n) is 13.7. The Labute approximate surface area is 123 Å². The average Bonchev–Trinajstić information content (AvgIpc) is 2.37. The predicted octanol–water partition coefficient (Wildman–Crippen LogP) is -0.00870. The molecule has 0 aromatic heterocycles. The first-order valence-corrected chi connectivity index (χ1v) is 7.14. The van der Waals surface area contributed by atoms with Crippen LogP contribution in [0.1, 0.15) is 6.92 Å². The van der Waals surface area contributed by atoms with Crippen molar-refractivity contribution in [1.82, 2.24) is 14.7 Å². The third-order valence-corrected chi connectivity index (χ3v) is 3.03. The van der Waals surface area contributed by atoms with Crippen molar-refractivity contribution in [3.63, 3.8) is 0 Å². The van der Waals surface area contributed by atoms with Crippen LogP contribution in [0.25, 0.3) is 0 Å². The van der Waals surface area contributed by atoms with Gasteiger partial charge in [-0.2, -0.15) is 0 Å². The highest BCUT2D eigenvalue weighted by atomic mass is 16.5. The summed E-state index contributed by atoms with van der Waals surface area (Å²) in [6, 6.07) is 0. The summed E-state index contributed by atoms with van der Waals surface area (Å²) in [7, 11) is 7.91. The van der Waals surface area contributed by atoms with E-state index in [1.807, 2.05) is 14.1 Å². The summed E-state index contributed by atoms with van der Waals surface area (Å²) in [6.45, 7) is 7.73. The second-order valence-corrected chi connectivity index (χ2v) is 5.27. The fourth-order valence-electron chi connectivity index (χ4n) is 1.36. The normalized spacial score (nSPS) is 11.3. The third kappa shape index (κ3) is 12.3. The first kappa shape index (κ1) is 19.3. The van der Waals surface area contributed by atoms with Gasteiger partial charge in [-0.25, -0.2) is 0 Å². The van der Waals surface area contributed by atoms with Crippen molar-refractivity contribution in [2.45, 2.75) is 6.92 Å². The molecule has 120 valence electrons. The van der Waals surface area contributed by atoms with Gasteiger partial charge in [-0.15, -0.1) is 0 Å². The number of ether oxygens (including phenoxy) is 2. The first-order chi connectivity index (χ1) is 9.43. The van der Waals surface area contributed by atoms with E-state index in [9.17, 15) is 4.79 Å². The molecule has 6 nitrogen and oxygen atoms in total. The summed E-state index contributed by atoms with van der Waals surface area (Å²) in [5, 5.41) is 0. The number of likely N-dealkylation sites (N-methyl/N-ethyl adjacent to an activating group) is 3. The molecule has 0 unspecified atom stereocenters. The Hall–Kier alpha value is -0.690. The van der Waals surface area contributed by atoms with Crippen LogP contribution in [0.15, 0.2) is 0 Å². The molecule has 0 fully saturated rings. The fraction of sp³-hybridized carbons (Fsp3) is 0.929. The Balaban J connectivity index is 3.32. The number of carbonyl (C=O) groups excluding carboxylic acids is 1. The van der Waals surface area contributed by atoms with Crippen LogP contribution in [0, 0.1) is 0 Å². The minimum Gasteiger partial charge on any atom is -0.379 e. The number of hydrogen-bond donors (Lipinski definition) is 0. The van der Waals surface area contributed by atoms with E-state index >= 15 is 0 Å². The maximum absolute atomic E-state index is 11.0. The number of rotatable bonds is 12. The van der Waals surface area contributed by atoms with Crippen LogP contribution >= 0.6 is 0 Å². The van der Waals surface area contributed by atoms with E-state index in [1.54, 1.807) is 18.9 Å². The largest absolute Gasteiger partial charge is 0.379 e. The molecule has 0 N–H and O–H groups in total. The van der Waals surface area contributed by atoms with Gasteiger partial charge in [0.2, 0.25) is 5.91 Å². The zero-order valence-corrected chi connectivity index (χ0v) is 13.7. The highest BCUT2D eigenvalue weighted by Gasteiger charge is 2.02. The lowest BCUT2D eigenvalue weighted by atomic mass is 10.5. The first-order valence-electron chi connectivity index (χ1n) is 7.14. The highest BCUT2D eigenvalue weighted by molar-refractivity contribution is 5.72. The van der Waals surface area contributed by atoms with Gasteiger partial charge in [-0.3, -0.25) is 4.79 Å². The summed E-state index contributed by atoms with van der Waals surface area (Å²) < 4.78 is 11.0. The Bertz CT molecular complexity index is 250. The lowest BCUT2D eigenvalue weighted by Crippen LogP contribution is -2.30. The van der Waals surface area contributed by atoms with Crippen molar-refractivity contribution in [3.8, 4) is 0 Å². The molecule has 0 spiro atoms. The molecule has 0 saturated heterocycles. The van der Waals surface area contributed by atoms with E-state index in [1.165, 1.54) is 0 Å². The standard InChI is InChI=1S/C14H31N3O3/c1-14(18)17(5)9-13-20-12-8-16(4)7-11-19-10-6-15(2)3/h6-13H2,1-5H3. The molecule has 0 radical (unpaired) electrons. The summed E-state index contributed by atoms with van der Waals surface area (Å²) >= 11 is 0. The second-order valence-electron chi connectivity index (χ2n) is 5.27. The molecule has 0 bridgehead atoms. The molecule has 0 rings (SSSR count). The maximum Gasteiger partial charge on any atom is 0.219 e. The molecule has 0 aliphatic carbocycles. The topological polar surface area (TPSA) is 45.3 Å². The van der Waals surface area contributed by atoms with Gasteiger partial charge in [-0.1, -0.05) is 0 Å². The molecule has 0 heterocycles. The summed E-state index contributed by atoms with van der Waals surface area (Å²) in [5.74, 6) is 0.0700. The summed E-state index contributed by atoms with van der Waals surface area (Å²) in [5.41, 5.74) is 0. The quantitative estimate of drug-likeness (QED) is 0.473. The maximum atomic E-state index is 11.0. The van der Waals surface area contributed by atoms with E-state index in [0.717, 1.165) is 32.8 Å². The lowest BCUT2D eigenvalue weighted by Gasteiger charge is -2.18. The molecule has 0 atom stereocenters. The number of nitrogens with zero attached hydrogens (tertiary/aromatic N) is 3. The van der Waals surface area contributed by atoms with Gasteiger partial charge in [0.25, 0.3) is 0 Å². The van der Waals surface area contributed by atoms with Crippen LogP contribution < -0.4 is 0 Å². The smallest absolute Gasteiger partial charge is 0.219 e. The van der Waals surface area contributed by atoms with Crippen molar-refractivity contribution in [2.75, 3.05) is 80.8 Å². The molecule has 0 aliphatic heterocycles. The van der Waals surface area contributed by atoms with Gasteiger partial charge in [0.1, 0.15) is 0 Å². The second kappa shape index (κ2) is 12.1. The van der Waals surface area contributed by atoms with Crippen LogP contribution in [-0.4, -0.2) is 101 Å². The van der Waals surface area contributed by atoms with Gasteiger partial charge in [-0.05, 0) is 21.1 Å². The van der Waals surface area contributed by atoms with E-state index in [-0.39, 0.29) is 5.91 Å². The Morgan fingerprint density at radius 2 is 1.25 bits per heavy atom. The number of amides is 1. The molecule has 0 aromatic rings. The van der Waals surface area contributed by atoms with Gasteiger partial charge < -0.3 is 24.2 Å². The van der Waals surface area contributed by atoms with E-state index in [0.29, 0.717) is 19.8 Å². The van der Waals surface area contributed by atoms with Crippen molar-refractivity contribution in [1.29, 1.82) is 0 Å². The van der Waals surface area contributed by atoms with Crippen molar-refractivity contribution in [2.24, 2.45) is 0 Å². The van der Waals surface area contributed by atoms with E-state index in [4.69, 9.17) is 9.47 Å². The number of carbonyl (C=O) groups is 1. The predicted molar refractivity (Wildman–Crippen MR) is 81.0 cm³/mol. The van der Waals surface area contributed by atoms with Gasteiger partial charge in [0.05, 0.1) is 26.4 Å². The minimum absolute atomic E-state index is 0.0700. The Morgan fingerprint density at radius 3 is 1.70 bits per heavy atom. The minimum atomic E-state index is 0.0700. The van der Waals surface area contributed by atoms with Crippen molar-refractivity contribution >= 4 is 5.91 Å². The summed E-state index contributed by atoms with van der Waals surface area (Å²) in [4.78, 5) is 16.9. The fourth-order valence-corrected chi connectivity index (χ4v) is 1.36. The molecule has 0 aromatic carbocycles. The van der Waals surface area contributed by atoms with Gasteiger partial charge in [0, 0.05) is 40.2 Å². The Morgan fingerprint density at radius 1 is 0.800 bits per heavy atom. The third-order valence-electron chi connectivity index (χ3n) is 3.03. The monoisotopic (exact) mass is 289 g/mol. The van der Waals surface area contributed by atoms with Crippen LogP contribution in [0.3, 0.4) is 0 Å². The van der Waals surface area contributed by atoms with Crippen molar-refractivity contribution in [3.05, 3.63) is 0 Å². The van der Waals surface area contributed by atoms with E-state index < -0.39 is 0 Å².